The fourth-order valence-corrected chi connectivity index (χ4v) is 1.94. The minimum Gasteiger partial charge on any atom is -0.492 e. The molecule has 1 N–H and O–H groups in total. The van der Waals surface area contributed by atoms with Crippen LogP contribution in [0.5, 0.6) is 5.75 Å². The summed E-state index contributed by atoms with van der Waals surface area (Å²) in [6.45, 7) is 9.08. The van der Waals surface area contributed by atoms with Gasteiger partial charge in [0.2, 0.25) is 5.76 Å². The van der Waals surface area contributed by atoms with Crippen molar-refractivity contribution in [3.63, 3.8) is 0 Å². The Hall–Kier alpha value is -2.30. The van der Waals surface area contributed by atoms with Crippen molar-refractivity contribution in [1.29, 1.82) is 0 Å². The zero-order valence-electron chi connectivity index (χ0n) is 13.5. The second-order valence-electron chi connectivity index (χ2n) is 6.21. The molecule has 118 valence electrons. The first-order valence-corrected chi connectivity index (χ1v) is 7.31. The van der Waals surface area contributed by atoms with Gasteiger partial charge in [0.1, 0.15) is 12.4 Å². The third kappa shape index (κ3) is 4.35. The first-order chi connectivity index (χ1) is 10.4. The summed E-state index contributed by atoms with van der Waals surface area (Å²) in [4.78, 5) is 11.7. The number of benzene rings is 1. The summed E-state index contributed by atoms with van der Waals surface area (Å²) < 4.78 is 10.5. The smallest absolute Gasteiger partial charge is 0.290 e. The Morgan fingerprint density at radius 2 is 1.95 bits per heavy atom. The molecule has 1 aromatic carbocycles. The van der Waals surface area contributed by atoms with E-state index in [1.54, 1.807) is 13.0 Å². The molecule has 2 aromatic rings. The Morgan fingerprint density at radius 3 is 2.50 bits per heavy atom. The highest BCUT2D eigenvalue weighted by Gasteiger charge is 2.13. The van der Waals surface area contributed by atoms with E-state index in [1.165, 1.54) is 5.56 Å². The van der Waals surface area contributed by atoms with E-state index in [2.05, 4.69) is 43.4 Å². The average molecular weight is 302 g/mol. The van der Waals surface area contributed by atoms with Crippen LogP contribution in [0.3, 0.4) is 0 Å². The quantitative estimate of drug-likeness (QED) is 0.862. The molecular weight excluding hydrogens is 280 g/mol. The molecule has 0 aliphatic heterocycles. The maximum Gasteiger partial charge on any atom is 0.290 e. The Morgan fingerprint density at radius 1 is 1.27 bits per heavy atom. The van der Waals surface area contributed by atoms with Gasteiger partial charge in [0, 0.05) is 6.07 Å². The molecule has 5 nitrogen and oxygen atoms in total. The van der Waals surface area contributed by atoms with Gasteiger partial charge in [-0.05, 0) is 30.0 Å². The van der Waals surface area contributed by atoms with Gasteiger partial charge in [0.15, 0.2) is 0 Å². The molecule has 1 heterocycles. The Labute approximate surface area is 130 Å². The Balaban J connectivity index is 1.76. The number of carbonyl (C=O) groups is 1. The highest BCUT2D eigenvalue weighted by atomic mass is 16.5. The molecule has 0 bridgehead atoms. The van der Waals surface area contributed by atoms with E-state index in [0.717, 1.165) is 5.75 Å². The standard InChI is InChI=1S/C17H22N2O3/c1-12-11-15(22-19-12)16(20)18-9-10-21-14-7-5-13(6-8-14)17(2,3)4/h5-8,11H,9-10H2,1-4H3,(H,18,20). The second-order valence-corrected chi connectivity index (χ2v) is 6.21. The van der Waals surface area contributed by atoms with E-state index in [-0.39, 0.29) is 17.1 Å². The highest BCUT2D eigenvalue weighted by Crippen LogP contribution is 2.24. The van der Waals surface area contributed by atoms with Crippen molar-refractivity contribution >= 4 is 5.91 Å². The van der Waals surface area contributed by atoms with Crippen LogP contribution in [0.2, 0.25) is 0 Å². The van der Waals surface area contributed by atoms with Gasteiger partial charge >= 0.3 is 0 Å². The van der Waals surface area contributed by atoms with Gasteiger partial charge in [-0.15, -0.1) is 0 Å². The molecular formula is C17H22N2O3. The van der Waals surface area contributed by atoms with Crippen molar-refractivity contribution in [3.8, 4) is 5.75 Å². The van der Waals surface area contributed by atoms with Crippen LogP contribution >= 0.6 is 0 Å². The summed E-state index contributed by atoms with van der Waals surface area (Å²) in [5.74, 6) is 0.720. The lowest BCUT2D eigenvalue weighted by Crippen LogP contribution is -2.27. The number of nitrogens with zero attached hydrogens (tertiary/aromatic N) is 1. The summed E-state index contributed by atoms with van der Waals surface area (Å²) in [6.07, 6.45) is 0. The maximum atomic E-state index is 11.7. The monoisotopic (exact) mass is 302 g/mol. The van der Waals surface area contributed by atoms with Crippen molar-refractivity contribution in [1.82, 2.24) is 10.5 Å². The number of aromatic nitrogens is 1. The SMILES string of the molecule is Cc1cc(C(=O)NCCOc2ccc(C(C)(C)C)cc2)on1. The third-order valence-electron chi connectivity index (χ3n) is 3.23. The number of rotatable bonds is 5. The molecule has 0 saturated heterocycles. The van der Waals surface area contributed by atoms with Gasteiger partial charge in [-0.25, -0.2) is 0 Å². The molecule has 0 fully saturated rings. The lowest BCUT2D eigenvalue weighted by Gasteiger charge is -2.19. The predicted molar refractivity (Wildman–Crippen MR) is 84.2 cm³/mol. The molecule has 0 aliphatic rings. The maximum absolute atomic E-state index is 11.7. The van der Waals surface area contributed by atoms with Crippen LogP contribution in [0.15, 0.2) is 34.9 Å². The number of amides is 1. The van der Waals surface area contributed by atoms with E-state index in [9.17, 15) is 4.79 Å². The van der Waals surface area contributed by atoms with Gasteiger partial charge < -0.3 is 14.6 Å². The third-order valence-corrected chi connectivity index (χ3v) is 3.23. The molecule has 0 atom stereocenters. The van der Waals surface area contributed by atoms with Crippen molar-refractivity contribution in [3.05, 3.63) is 47.3 Å². The minimum absolute atomic E-state index is 0.127. The van der Waals surface area contributed by atoms with E-state index in [4.69, 9.17) is 9.26 Å². The largest absolute Gasteiger partial charge is 0.492 e. The zero-order valence-corrected chi connectivity index (χ0v) is 13.5. The van der Waals surface area contributed by atoms with Crippen LogP contribution in [0.25, 0.3) is 0 Å². The molecule has 0 saturated carbocycles. The van der Waals surface area contributed by atoms with Crippen LogP contribution < -0.4 is 10.1 Å². The molecule has 0 radical (unpaired) electrons. The fraction of sp³-hybridized carbons (Fsp3) is 0.412. The van der Waals surface area contributed by atoms with Crippen LogP contribution in [0, 0.1) is 6.92 Å². The van der Waals surface area contributed by atoms with Crippen LogP contribution in [-0.2, 0) is 5.41 Å². The normalized spacial score (nSPS) is 11.3. The summed E-state index contributed by atoms with van der Waals surface area (Å²) in [6, 6.07) is 9.61. The number of hydrogen-bond acceptors (Lipinski definition) is 4. The summed E-state index contributed by atoms with van der Waals surface area (Å²) in [7, 11) is 0. The molecule has 0 aliphatic carbocycles. The zero-order chi connectivity index (χ0) is 16.2. The number of nitrogens with one attached hydrogen (secondary N) is 1. The predicted octanol–water partition coefficient (Wildman–Crippen LogP) is 3.09. The molecule has 22 heavy (non-hydrogen) atoms. The van der Waals surface area contributed by atoms with Crippen molar-refractivity contribution in [2.45, 2.75) is 33.1 Å². The first-order valence-electron chi connectivity index (χ1n) is 7.31. The number of aryl methyl sites for hydroxylation is 1. The number of hydrogen-bond donors (Lipinski definition) is 1. The van der Waals surface area contributed by atoms with Gasteiger partial charge in [-0.2, -0.15) is 0 Å². The number of carbonyl (C=O) groups excluding carboxylic acids is 1. The van der Waals surface area contributed by atoms with Crippen molar-refractivity contribution < 1.29 is 14.1 Å². The van der Waals surface area contributed by atoms with Gasteiger partial charge in [0.05, 0.1) is 12.2 Å². The molecule has 1 amide bonds. The molecule has 0 spiro atoms. The fourth-order valence-electron chi connectivity index (χ4n) is 1.94. The van der Waals surface area contributed by atoms with E-state index in [0.29, 0.717) is 18.8 Å². The summed E-state index contributed by atoms with van der Waals surface area (Å²) in [5, 5.41) is 6.39. The Bertz CT molecular complexity index is 624. The summed E-state index contributed by atoms with van der Waals surface area (Å²) >= 11 is 0. The molecule has 5 heteroatoms. The lowest BCUT2D eigenvalue weighted by molar-refractivity contribution is 0.0910. The van der Waals surface area contributed by atoms with Crippen LogP contribution in [-0.4, -0.2) is 24.2 Å². The average Bonchev–Trinajstić information content (AvgIpc) is 2.89. The molecule has 0 unspecified atom stereocenters. The van der Waals surface area contributed by atoms with Crippen LogP contribution in [0.4, 0.5) is 0 Å². The molecule has 1 aromatic heterocycles. The Kier molecular flexibility index (Phi) is 4.85. The molecule has 2 rings (SSSR count). The topological polar surface area (TPSA) is 64.4 Å². The summed E-state index contributed by atoms with van der Waals surface area (Å²) in [5.41, 5.74) is 2.07. The van der Waals surface area contributed by atoms with Crippen LogP contribution in [0.1, 0.15) is 42.6 Å². The van der Waals surface area contributed by atoms with Gasteiger partial charge in [0.25, 0.3) is 5.91 Å². The second kappa shape index (κ2) is 6.64. The van der Waals surface area contributed by atoms with Gasteiger partial charge in [-0.1, -0.05) is 38.1 Å². The number of ether oxygens (including phenoxy) is 1. The highest BCUT2D eigenvalue weighted by molar-refractivity contribution is 5.91. The van der Waals surface area contributed by atoms with E-state index < -0.39 is 0 Å². The van der Waals surface area contributed by atoms with E-state index in [1.807, 2.05) is 12.1 Å². The van der Waals surface area contributed by atoms with Crippen molar-refractivity contribution in [2.75, 3.05) is 13.2 Å². The van der Waals surface area contributed by atoms with Gasteiger partial charge in [-0.3, -0.25) is 4.79 Å². The minimum atomic E-state index is -0.285. The lowest BCUT2D eigenvalue weighted by atomic mass is 9.87. The van der Waals surface area contributed by atoms with Crippen molar-refractivity contribution in [2.24, 2.45) is 0 Å². The first kappa shape index (κ1) is 16.1. The van der Waals surface area contributed by atoms with E-state index >= 15 is 0 Å².